The molecule has 1 aliphatic heterocycles. The average molecular weight is 334 g/mol. The Morgan fingerprint density at radius 1 is 1.39 bits per heavy atom. The zero-order valence-electron chi connectivity index (χ0n) is 10.2. The summed E-state index contributed by atoms with van der Waals surface area (Å²) in [5.41, 5.74) is 0. The lowest BCUT2D eigenvalue weighted by Crippen LogP contribution is -2.27. The molecule has 0 saturated carbocycles. The first-order valence-corrected chi connectivity index (χ1v) is 8.62. The molecular weight excluding hydrogens is 318 g/mol. The number of hydrogen-bond acceptors (Lipinski definition) is 5. The molecule has 0 radical (unpaired) electrons. The van der Waals surface area contributed by atoms with Gasteiger partial charge in [-0.15, -0.1) is 0 Å². The van der Waals surface area contributed by atoms with Crippen molar-refractivity contribution in [2.24, 2.45) is 0 Å². The first kappa shape index (κ1) is 13.7. The van der Waals surface area contributed by atoms with Crippen LogP contribution in [0, 0.1) is 0 Å². The first-order valence-electron chi connectivity index (χ1n) is 5.88. The molecule has 0 bridgehead atoms. The minimum Gasteiger partial charge on any atom is -0.356 e. The quantitative estimate of drug-likeness (QED) is 0.823. The van der Waals surface area contributed by atoms with Gasteiger partial charge >= 0.3 is 0 Å². The van der Waals surface area contributed by atoms with Crippen molar-refractivity contribution in [3.8, 4) is 0 Å². The van der Waals surface area contributed by atoms with Crippen molar-refractivity contribution in [2.45, 2.75) is 24.5 Å². The largest absolute Gasteiger partial charge is 0.356 e. The molecule has 0 aromatic carbocycles. The maximum atomic E-state index is 11.6. The van der Waals surface area contributed by atoms with E-state index in [0.717, 1.165) is 29.7 Å². The van der Waals surface area contributed by atoms with Gasteiger partial charge in [-0.2, -0.15) is 0 Å². The Morgan fingerprint density at radius 3 is 2.83 bits per heavy atom. The van der Waals surface area contributed by atoms with Crippen molar-refractivity contribution < 1.29 is 8.42 Å². The highest BCUT2D eigenvalue weighted by Crippen LogP contribution is 2.26. The van der Waals surface area contributed by atoms with E-state index in [1.54, 1.807) is 6.20 Å². The first-order chi connectivity index (χ1) is 8.48. The fraction of sp³-hybridized carbons (Fsp3) is 0.636. The Bertz CT molecular complexity index is 521. The van der Waals surface area contributed by atoms with Gasteiger partial charge in [0.2, 0.25) is 0 Å². The highest BCUT2D eigenvalue weighted by Gasteiger charge is 2.25. The van der Waals surface area contributed by atoms with Crippen LogP contribution in [0.5, 0.6) is 0 Å². The number of hydrogen-bond donors (Lipinski definition) is 0. The summed E-state index contributed by atoms with van der Waals surface area (Å²) < 4.78 is 24.0. The van der Waals surface area contributed by atoms with E-state index in [9.17, 15) is 8.42 Å². The number of sulfone groups is 1. The molecule has 1 aromatic rings. The number of nitrogens with zero attached hydrogens (tertiary/aromatic N) is 3. The van der Waals surface area contributed by atoms with E-state index in [4.69, 9.17) is 0 Å². The van der Waals surface area contributed by atoms with Crippen LogP contribution in [0.15, 0.2) is 17.0 Å². The summed E-state index contributed by atoms with van der Waals surface area (Å²) in [6, 6.07) is 0. The highest BCUT2D eigenvalue weighted by atomic mass is 79.9. The summed E-state index contributed by atoms with van der Waals surface area (Å²) in [5, 5.41) is -0.219. The highest BCUT2D eigenvalue weighted by molar-refractivity contribution is 9.10. The van der Waals surface area contributed by atoms with E-state index in [1.807, 2.05) is 0 Å². The summed E-state index contributed by atoms with van der Waals surface area (Å²) >= 11 is 3.43. The topological polar surface area (TPSA) is 63.2 Å². The Balaban J connectivity index is 2.13. The Hall–Kier alpha value is -0.690. The van der Waals surface area contributed by atoms with Crippen LogP contribution in [-0.2, 0) is 9.84 Å². The zero-order valence-corrected chi connectivity index (χ0v) is 12.6. The van der Waals surface area contributed by atoms with Gasteiger partial charge in [0, 0.05) is 25.5 Å². The molecule has 2 heterocycles. The molecule has 18 heavy (non-hydrogen) atoms. The smallest absolute Gasteiger partial charge is 0.150 e. The van der Waals surface area contributed by atoms with Crippen LogP contribution in [0.3, 0.4) is 0 Å². The molecule has 1 atom stereocenters. The standard InChI is InChI=1S/C11H16BrN3O2S/c1-18(16,17)9-3-2-5-15(6-4-9)11-10(12)7-13-8-14-11/h7-9H,2-6H2,1H3. The molecule has 1 unspecified atom stereocenters. The zero-order chi connectivity index (χ0) is 13.2. The molecule has 1 aliphatic rings. The third-order valence-electron chi connectivity index (χ3n) is 3.23. The lowest BCUT2D eigenvalue weighted by atomic mass is 10.2. The molecule has 2 rings (SSSR count). The Labute approximate surface area is 116 Å². The van der Waals surface area contributed by atoms with Gasteiger partial charge in [-0.3, -0.25) is 0 Å². The van der Waals surface area contributed by atoms with Crippen molar-refractivity contribution in [1.29, 1.82) is 0 Å². The van der Waals surface area contributed by atoms with E-state index in [-0.39, 0.29) is 5.25 Å². The van der Waals surface area contributed by atoms with Crippen LogP contribution >= 0.6 is 15.9 Å². The molecule has 1 aromatic heterocycles. The molecule has 5 nitrogen and oxygen atoms in total. The van der Waals surface area contributed by atoms with Gasteiger partial charge in [-0.25, -0.2) is 18.4 Å². The van der Waals surface area contributed by atoms with E-state index < -0.39 is 9.84 Å². The molecule has 0 amide bonds. The van der Waals surface area contributed by atoms with Crippen LogP contribution < -0.4 is 4.90 Å². The van der Waals surface area contributed by atoms with Gasteiger partial charge in [0.05, 0.1) is 9.72 Å². The fourth-order valence-corrected chi connectivity index (χ4v) is 3.84. The Kier molecular flexibility index (Phi) is 4.21. The van der Waals surface area contributed by atoms with Crippen LogP contribution in [0.2, 0.25) is 0 Å². The number of rotatable bonds is 2. The third-order valence-corrected chi connectivity index (χ3v) is 5.47. The van der Waals surface area contributed by atoms with Crippen LogP contribution in [0.4, 0.5) is 5.82 Å². The number of aromatic nitrogens is 2. The third kappa shape index (κ3) is 3.20. The molecule has 100 valence electrons. The van der Waals surface area contributed by atoms with Crippen molar-refractivity contribution in [3.05, 3.63) is 17.0 Å². The van der Waals surface area contributed by atoms with E-state index >= 15 is 0 Å². The lowest BCUT2D eigenvalue weighted by molar-refractivity contribution is 0.573. The fourth-order valence-electron chi connectivity index (χ4n) is 2.24. The van der Waals surface area contributed by atoms with Gasteiger partial charge < -0.3 is 4.90 Å². The monoisotopic (exact) mass is 333 g/mol. The van der Waals surface area contributed by atoms with Crippen molar-refractivity contribution in [2.75, 3.05) is 24.2 Å². The molecule has 1 saturated heterocycles. The predicted molar refractivity (Wildman–Crippen MR) is 74.4 cm³/mol. The van der Waals surface area contributed by atoms with Crippen molar-refractivity contribution in [3.63, 3.8) is 0 Å². The molecular formula is C11H16BrN3O2S. The van der Waals surface area contributed by atoms with Gasteiger partial charge in [0.15, 0.2) is 0 Å². The SMILES string of the molecule is CS(=O)(=O)C1CCCN(c2ncncc2Br)CC1. The summed E-state index contributed by atoms with van der Waals surface area (Å²) in [7, 11) is -2.94. The summed E-state index contributed by atoms with van der Waals surface area (Å²) in [5.74, 6) is 0.846. The maximum absolute atomic E-state index is 11.6. The summed E-state index contributed by atoms with van der Waals surface area (Å²) in [4.78, 5) is 10.3. The number of halogens is 1. The minimum atomic E-state index is -2.94. The van der Waals surface area contributed by atoms with Gasteiger partial charge in [-0.1, -0.05) is 0 Å². The Morgan fingerprint density at radius 2 is 2.17 bits per heavy atom. The predicted octanol–water partition coefficient (Wildman–Crippen LogP) is 1.64. The second-order valence-electron chi connectivity index (χ2n) is 4.56. The van der Waals surface area contributed by atoms with Gasteiger partial charge in [-0.05, 0) is 35.2 Å². The average Bonchev–Trinajstić information content (AvgIpc) is 2.54. The van der Waals surface area contributed by atoms with E-state index in [1.165, 1.54) is 12.6 Å². The maximum Gasteiger partial charge on any atom is 0.150 e. The van der Waals surface area contributed by atoms with Crippen LogP contribution in [0.25, 0.3) is 0 Å². The minimum absolute atomic E-state index is 0.219. The van der Waals surface area contributed by atoms with E-state index in [0.29, 0.717) is 13.0 Å². The van der Waals surface area contributed by atoms with Crippen molar-refractivity contribution in [1.82, 2.24) is 9.97 Å². The second-order valence-corrected chi connectivity index (χ2v) is 7.74. The van der Waals surface area contributed by atoms with E-state index in [2.05, 4.69) is 30.8 Å². The summed E-state index contributed by atoms with van der Waals surface area (Å²) in [6.45, 7) is 1.55. The van der Waals surface area contributed by atoms with Gasteiger partial charge in [0.25, 0.3) is 0 Å². The molecule has 1 fully saturated rings. The van der Waals surface area contributed by atoms with Crippen LogP contribution in [0.1, 0.15) is 19.3 Å². The molecule has 0 aliphatic carbocycles. The second kappa shape index (κ2) is 5.52. The van der Waals surface area contributed by atoms with Crippen LogP contribution in [-0.4, -0.2) is 43.0 Å². The summed E-state index contributed by atoms with van der Waals surface area (Å²) in [6.07, 6.45) is 6.82. The van der Waals surface area contributed by atoms with Crippen molar-refractivity contribution >= 4 is 31.6 Å². The normalized spacial score (nSPS) is 21.7. The molecule has 0 N–H and O–H groups in total. The molecule has 0 spiro atoms. The molecule has 7 heteroatoms. The number of anilines is 1. The van der Waals surface area contributed by atoms with Gasteiger partial charge in [0.1, 0.15) is 22.0 Å². The lowest BCUT2D eigenvalue weighted by Gasteiger charge is -2.22.